The van der Waals surface area contributed by atoms with Crippen LogP contribution in [0.25, 0.3) is 0 Å². The second-order valence-corrected chi connectivity index (χ2v) is 8.38. The first kappa shape index (κ1) is 21.6. The Bertz CT molecular complexity index is 1090. The lowest BCUT2D eigenvalue weighted by Gasteiger charge is -2.30. The fourth-order valence-corrected chi connectivity index (χ4v) is 4.51. The topological polar surface area (TPSA) is 101 Å². The van der Waals surface area contributed by atoms with Crippen molar-refractivity contribution in [1.82, 2.24) is 10.0 Å². The first-order valence-electron chi connectivity index (χ1n) is 10.5. The lowest BCUT2D eigenvalue weighted by atomic mass is 9.76. The molecular weight excluding hydrogens is 417 g/mol. The monoisotopic (exact) mass is 439 g/mol. The van der Waals surface area contributed by atoms with Crippen LogP contribution in [0.5, 0.6) is 0 Å². The number of nitrogens with zero attached hydrogens (tertiary/aromatic N) is 3. The summed E-state index contributed by atoms with van der Waals surface area (Å²) in [5.74, 6) is -2.91. The maximum absolute atomic E-state index is 14.4. The van der Waals surface area contributed by atoms with Gasteiger partial charge in [-0.2, -0.15) is 5.01 Å². The zero-order chi connectivity index (χ0) is 23.0. The minimum Gasteiger partial charge on any atom is -0.272 e. The first-order chi connectivity index (χ1) is 15.3. The number of imide groups is 1. The molecular formula is C23H22FN3O5. The molecule has 3 amide bonds. The molecule has 0 radical (unpaired) electrons. The Morgan fingerprint density at radius 1 is 1.09 bits per heavy atom. The van der Waals surface area contributed by atoms with Crippen molar-refractivity contribution in [2.24, 2.45) is 17.8 Å². The molecule has 0 unspecified atom stereocenters. The molecule has 2 aromatic carbocycles. The smallest absolute Gasteiger partial charge is 0.272 e. The molecule has 9 heteroatoms. The molecule has 8 nitrogen and oxygen atoms in total. The molecule has 1 saturated heterocycles. The van der Waals surface area contributed by atoms with Gasteiger partial charge in [0.1, 0.15) is 5.82 Å². The van der Waals surface area contributed by atoms with Crippen LogP contribution in [0, 0.1) is 33.7 Å². The van der Waals surface area contributed by atoms with Gasteiger partial charge in [0.25, 0.3) is 23.4 Å². The third-order valence-corrected chi connectivity index (χ3v) is 6.24. The minimum atomic E-state index is -0.712. The van der Waals surface area contributed by atoms with Gasteiger partial charge >= 0.3 is 0 Å². The fourth-order valence-electron chi connectivity index (χ4n) is 4.51. The first-order valence-corrected chi connectivity index (χ1v) is 10.5. The quantitative estimate of drug-likeness (QED) is 0.402. The summed E-state index contributed by atoms with van der Waals surface area (Å²) in [7, 11) is 0. The number of fused-ring (bicyclic) bond motifs is 1. The van der Waals surface area contributed by atoms with Crippen molar-refractivity contribution in [3.05, 3.63) is 75.6 Å². The van der Waals surface area contributed by atoms with Crippen LogP contribution in [-0.2, 0) is 16.1 Å². The summed E-state index contributed by atoms with van der Waals surface area (Å²) < 4.78 is 14.4. The molecule has 0 aromatic heterocycles. The fraction of sp³-hybridized carbons (Fsp3) is 0.348. The average molecular weight is 439 g/mol. The van der Waals surface area contributed by atoms with E-state index < -0.39 is 40.3 Å². The number of halogens is 1. The summed E-state index contributed by atoms with van der Waals surface area (Å²) in [4.78, 5) is 50.1. The molecule has 0 bridgehead atoms. The minimum absolute atomic E-state index is 0.0516. The van der Waals surface area contributed by atoms with E-state index in [1.54, 1.807) is 6.07 Å². The van der Waals surface area contributed by atoms with Crippen LogP contribution in [-0.4, -0.2) is 32.7 Å². The standard InChI is InChI=1S/C23H22FN3O5/c1-14-6-11-18-19(12-14)23(30)26(22(18)29)25(13-16-4-2-3-5-20(16)24)21(28)15-7-9-17(10-8-15)27(31)32/h2-5,7-10,14,18-19H,6,11-13H2,1H3/t14-,18+,19+/m1/s1. The Morgan fingerprint density at radius 3 is 2.41 bits per heavy atom. The van der Waals surface area contributed by atoms with Crippen LogP contribution in [0.15, 0.2) is 48.5 Å². The summed E-state index contributed by atoms with van der Waals surface area (Å²) in [6, 6.07) is 10.7. The number of carbonyl (C=O) groups is 3. The maximum Gasteiger partial charge on any atom is 0.273 e. The molecule has 1 aliphatic carbocycles. The van der Waals surface area contributed by atoms with Crippen LogP contribution in [0.3, 0.4) is 0 Å². The summed E-state index contributed by atoms with van der Waals surface area (Å²) in [5.41, 5.74) is -0.00193. The van der Waals surface area contributed by atoms with Gasteiger partial charge in [-0.15, -0.1) is 0 Å². The number of hydrazine groups is 1. The summed E-state index contributed by atoms with van der Waals surface area (Å²) >= 11 is 0. The predicted octanol–water partition coefficient (Wildman–Crippen LogP) is 3.71. The molecule has 0 spiro atoms. The summed E-state index contributed by atoms with van der Waals surface area (Å²) in [6.07, 6.45) is 1.94. The van der Waals surface area contributed by atoms with Crippen LogP contribution in [0.1, 0.15) is 42.1 Å². The van der Waals surface area contributed by atoms with Crippen molar-refractivity contribution in [3.63, 3.8) is 0 Å². The number of rotatable bonds is 5. The van der Waals surface area contributed by atoms with Crippen molar-refractivity contribution in [1.29, 1.82) is 0 Å². The van der Waals surface area contributed by atoms with Gasteiger partial charge in [0, 0.05) is 23.3 Å². The Labute approximate surface area is 183 Å². The zero-order valence-electron chi connectivity index (χ0n) is 17.4. The van der Waals surface area contributed by atoms with E-state index in [1.807, 2.05) is 6.92 Å². The molecule has 1 saturated carbocycles. The largest absolute Gasteiger partial charge is 0.273 e. The van der Waals surface area contributed by atoms with Crippen molar-refractivity contribution < 1.29 is 23.7 Å². The van der Waals surface area contributed by atoms with E-state index in [-0.39, 0.29) is 23.4 Å². The number of amides is 3. The normalized spacial score (nSPS) is 22.6. The van der Waals surface area contributed by atoms with E-state index in [1.165, 1.54) is 42.5 Å². The van der Waals surface area contributed by atoms with Gasteiger partial charge in [0.05, 0.1) is 23.3 Å². The summed E-state index contributed by atoms with van der Waals surface area (Å²) in [6.45, 7) is 1.70. The second kappa shape index (κ2) is 8.49. The van der Waals surface area contributed by atoms with Gasteiger partial charge in [-0.1, -0.05) is 25.1 Å². The van der Waals surface area contributed by atoms with E-state index in [4.69, 9.17) is 0 Å². The Kier molecular flexibility index (Phi) is 5.73. The molecule has 166 valence electrons. The van der Waals surface area contributed by atoms with E-state index in [0.717, 1.165) is 16.4 Å². The van der Waals surface area contributed by atoms with Crippen LogP contribution in [0.4, 0.5) is 10.1 Å². The SMILES string of the molecule is C[C@@H]1CC[C@@H]2C(=O)N(N(Cc3ccccc3F)C(=O)c3ccc([N+](=O)[O-])cc3)C(=O)[C@H]2C1. The highest BCUT2D eigenvalue weighted by molar-refractivity contribution is 6.07. The van der Waals surface area contributed by atoms with Crippen LogP contribution in [0.2, 0.25) is 0 Å². The highest BCUT2D eigenvalue weighted by Crippen LogP contribution is 2.41. The highest BCUT2D eigenvalue weighted by atomic mass is 19.1. The molecule has 1 heterocycles. The third-order valence-electron chi connectivity index (χ3n) is 6.24. The zero-order valence-corrected chi connectivity index (χ0v) is 17.4. The van der Waals surface area contributed by atoms with Crippen molar-refractivity contribution in [2.45, 2.75) is 32.7 Å². The second-order valence-electron chi connectivity index (χ2n) is 8.38. The highest BCUT2D eigenvalue weighted by Gasteiger charge is 2.52. The van der Waals surface area contributed by atoms with E-state index >= 15 is 0 Å². The van der Waals surface area contributed by atoms with Gasteiger partial charge in [-0.25, -0.2) is 9.40 Å². The number of carbonyl (C=O) groups excluding carboxylic acids is 3. The Morgan fingerprint density at radius 2 is 1.75 bits per heavy atom. The van der Waals surface area contributed by atoms with Crippen molar-refractivity contribution >= 4 is 23.4 Å². The van der Waals surface area contributed by atoms with Gasteiger partial charge in [0.2, 0.25) is 0 Å². The molecule has 4 rings (SSSR count). The molecule has 3 atom stereocenters. The average Bonchev–Trinajstić information content (AvgIpc) is 3.02. The van der Waals surface area contributed by atoms with Gasteiger partial charge in [0.15, 0.2) is 0 Å². The van der Waals surface area contributed by atoms with Gasteiger partial charge in [-0.3, -0.25) is 24.5 Å². The number of nitro benzene ring substituents is 1. The van der Waals surface area contributed by atoms with E-state index in [2.05, 4.69) is 0 Å². The molecule has 0 N–H and O–H groups in total. The Hall–Kier alpha value is -3.62. The maximum atomic E-state index is 14.4. The van der Waals surface area contributed by atoms with Crippen LogP contribution >= 0.6 is 0 Å². The lowest BCUT2D eigenvalue weighted by Crippen LogP contribution is -2.50. The predicted molar refractivity (Wildman–Crippen MR) is 111 cm³/mol. The molecule has 2 aromatic rings. The van der Waals surface area contributed by atoms with Crippen molar-refractivity contribution in [2.75, 3.05) is 0 Å². The number of nitro groups is 1. The van der Waals surface area contributed by atoms with Gasteiger partial charge < -0.3 is 0 Å². The summed E-state index contributed by atoms with van der Waals surface area (Å²) in [5, 5.41) is 12.8. The van der Waals surface area contributed by atoms with E-state index in [0.29, 0.717) is 18.8 Å². The van der Waals surface area contributed by atoms with Crippen molar-refractivity contribution in [3.8, 4) is 0 Å². The Balaban J connectivity index is 1.71. The third kappa shape index (κ3) is 3.86. The van der Waals surface area contributed by atoms with E-state index in [9.17, 15) is 28.9 Å². The van der Waals surface area contributed by atoms with Crippen LogP contribution < -0.4 is 0 Å². The van der Waals surface area contributed by atoms with Gasteiger partial charge in [-0.05, 0) is 43.4 Å². The molecule has 1 aliphatic heterocycles. The number of hydrogen-bond acceptors (Lipinski definition) is 5. The number of hydrogen-bond donors (Lipinski definition) is 0. The molecule has 32 heavy (non-hydrogen) atoms. The molecule has 2 fully saturated rings. The lowest BCUT2D eigenvalue weighted by molar-refractivity contribution is -0.384. The number of non-ortho nitro benzene ring substituents is 1. The number of benzene rings is 2. The molecule has 2 aliphatic rings.